The number of benzene rings is 2. The SMILES string of the molecule is Cc1ccc(Cl)cc1Nc1nc(N2CCCCC2)c2ccccc2n1. The van der Waals surface area contributed by atoms with E-state index in [1.807, 2.05) is 43.3 Å². The van der Waals surface area contributed by atoms with Crippen molar-refractivity contribution in [3.8, 4) is 0 Å². The molecule has 0 bridgehead atoms. The maximum atomic E-state index is 6.14. The van der Waals surface area contributed by atoms with E-state index in [-0.39, 0.29) is 0 Å². The highest BCUT2D eigenvalue weighted by Gasteiger charge is 2.17. The smallest absolute Gasteiger partial charge is 0.229 e. The maximum Gasteiger partial charge on any atom is 0.229 e. The molecule has 0 saturated carbocycles. The molecular formula is C20H21ClN4. The average molecular weight is 353 g/mol. The Morgan fingerprint density at radius 1 is 1.00 bits per heavy atom. The van der Waals surface area contributed by atoms with Crippen molar-refractivity contribution in [2.75, 3.05) is 23.3 Å². The Hall–Kier alpha value is -2.33. The van der Waals surface area contributed by atoms with Gasteiger partial charge in [-0.05, 0) is 56.0 Å². The molecule has 0 aliphatic carbocycles. The molecule has 2 heterocycles. The van der Waals surface area contributed by atoms with Crippen molar-refractivity contribution in [2.45, 2.75) is 26.2 Å². The van der Waals surface area contributed by atoms with Gasteiger partial charge in [-0.1, -0.05) is 29.8 Å². The maximum absolute atomic E-state index is 6.14. The minimum Gasteiger partial charge on any atom is -0.356 e. The summed E-state index contributed by atoms with van der Waals surface area (Å²) in [6.07, 6.45) is 3.73. The van der Waals surface area contributed by atoms with Crippen LogP contribution in [-0.2, 0) is 0 Å². The Bertz CT molecular complexity index is 903. The summed E-state index contributed by atoms with van der Waals surface area (Å²) in [7, 11) is 0. The van der Waals surface area contributed by atoms with Gasteiger partial charge in [0.15, 0.2) is 0 Å². The number of piperidine rings is 1. The lowest BCUT2D eigenvalue weighted by Gasteiger charge is -2.29. The van der Waals surface area contributed by atoms with E-state index in [4.69, 9.17) is 21.6 Å². The number of anilines is 3. The van der Waals surface area contributed by atoms with Gasteiger partial charge in [0, 0.05) is 29.2 Å². The number of hydrogen-bond acceptors (Lipinski definition) is 4. The van der Waals surface area contributed by atoms with Crippen LogP contribution < -0.4 is 10.2 Å². The van der Waals surface area contributed by atoms with Crippen LogP contribution in [0.2, 0.25) is 5.02 Å². The Kier molecular flexibility index (Phi) is 4.45. The summed E-state index contributed by atoms with van der Waals surface area (Å²) in [4.78, 5) is 11.9. The fourth-order valence-electron chi connectivity index (χ4n) is 3.31. The summed E-state index contributed by atoms with van der Waals surface area (Å²) < 4.78 is 0. The van der Waals surface area contributed by atoms with Crippen molar-refractivity contribution < 1.29 is 0 Å². The van der Waals surface area contributed by atoms with Crippen LogP contribution in [0.5, 0.6) is 0 Å². The molecule has 0 radical (unpaired) electrons. The van der Waals surface area contributed by atoms with E-state index in [0.29, 0.717) is 11.0 Å². The van der Waals surface area contributed by atoms with Crippen molar-refractivity contribution in [2.24, 2.45) is 0 Å². The van der Waals surface area contributed by atoms with Gasteiger partial charge in [-0.3, -0.25) is 0 Å². The van der Waals surface area contributed by atoms with E-state index in [2.05, 4.69) is 16.3 Å². The van der Waals surface area contributed by atoms with Crippen molar-refractivity contribution in [3.63, 3.8) is 0 Å². The molecule has 1 aliphatic heterocycles. The highest BCUT2D eigenvalue weighted by atomic mass is 35.5. The molecule has 3 aromatic rings. The highest BCUT2D eigenvalue weighted by molar-refractivity contribution is 6.30. The monoisotopic (exact) mass is 352 g/mol. The standard InChI is InChI=1S/C20H21ClN4/c1-14-9-10-15(21)13-18(14)23-20-22-17-8-4-3-7-16(17)19(24-20)25-11-5-2-6-12-25/h3-4,7-10,13H,2,5-6,11-12H2,1H3,(H,22,23,24). The molecule has 0 spiro atoms. The zero-order valence-electron chi connectivity index (χ0n) is 14.3. The molecule has 0 atom stereocenters. The zero-order chi connectivity index (χ0) is 17.2. The third-order valence-electron chi connectivity index (χ3n) is 4.68. The molecule has 1 N–H and O–H groups in total. The highest BCUT2D eigenvalue weighted by Crippen LogP contribution is 2.29. The lowest BCUT2D eigenvalue weighted by Crippen LogP contribution is -2.30. The van der Waals surface area contributed by atoms with E-state index in [1.54, 1.807) is 0 Å². The number of rotatable bonds is 3. The predicted octanol–water partition coefficient (Wildman–Crippen LogP) is 5.33. The first-order valence-electron chi connectivity index (χ1n) is 8.75. The van der Waals surface area contributed by atoms with Crippen LogP contribution in [0.25, 0.3) is 10.9 Å². The summed E-state index contributed by atoms with van der Waals surface area (Å²) in [5, 5.41) is 5.16. The molecule has 2 aromatic carbocycles. The Morgan fingerprint density at radius 2 is 1.80 bits per heavy atom. The Morgan fingerprint density at radius 3 is 2.64 bits per heavy atom. The zero-order valence-corrected chi connectivity index (χ0v) is 15.1. The van der Waals surface area contributed by atoms with Gasteiger partial charge in [0.05, 0.1) is 5.52 Å². The summed E-state index contributed by atoms with van der Waals surface area (Å²) >= 11 is 6.14. The first-order chi connectivity index (χ1) is 12.2. The Labute approximate surface area is 152 Å². The number of nitrogens with zero attached hydrogens (tertiary/aromatic N) is 3. The minimum absolute atomic E-state index is 0.615. The van der Waals surface area contributed by atoms with Crippen molar-refractivity contribution in [1.82, 2.24) is 9.97 Å². The molecule has 5 heteroatoms. The third kappa shape index (κ3) is 3.40. The fraction of sp³-hybridized carbons (Fsp3) is 0.300. The predicted molar refractivity (Wildman–Crippen MR) is 105 cm³/mol. The molecule has 1 fully saturated rings. The number of nitrogens with one attached hydrogen (secondary N) is 1. The van der Waals surface area contributed by atoms with Crippen molar-refractivity contribution >= 4 is 40.0 Å². The van der Waals surface area contributed by atoms with Crippen LogP contribution >= 0.6 is 11.6 Å². The number of halogens is 1. The van der Waals surface area contributed by atoms with E-state index in [9.17, 15) is 0 Å². The van der Waals surface area contributed by atoms with E-state index < -0.39 is 0 Å². The quantitative estimate of drug-likeness (QED) is 0.692. The molecule has 128 valence electrons. The van der Waals surface area contributed by atoms with E-state index in [0.717, 1.165) is 41.1 Å². The van der Waals surface area contributed by atoms with Crippen LogP contribution in [-0.4, -0.2) is 23.1 Å². The first-order valence-corrected chi connectivity index (χ1v) is 9.13. The van der Waals surface area contributed by atoms with Crippen LogP contribution in [0, 0.1) is 6.92 Å². The van der Waals surface area contributed by atoms with Gasteiger partial charge in [0.2, 0.25) is 5.95 Å². The molecule has 1 aliphatic rings. The minimum atomic E-state index is 0.615. The number of aryl methyl sites for hydroxylation is 1. The second-order valence-corrected chi connectivity index (χ2v) is 6.96. The molecule has 25 heavy (non-hydrogen) atoms. The molecule has 0 unspecified atom stereocenters. The number of aromatic nitrogens is 2. The van der Waals surface area contributed by atoms with Gasteiger partial charge in [-0.25, -0.2) is 4.98 Å². The van der Waals surface area contributed by atoms with Crippen LogP contribution in [0.3, 0.4) is 0 Å². The van der Waals surface area contributed by atoms with Gasteiger partial charge in [-0.15, -0.1) is 0 Å². The van der Waals surface area contributed by atoms with Gasteiger partial charge >= 0.3 is 0 Å². The normalized spacial score (nSPS) is 14.7. The Balaban J connectivity index is 1.77. The molecule has 4 rings (SSSR count). The molecule has 4 nitrogen and oxygen atoms in total. The molecular weight excluding hydrogens is 332 g/mol. The van der Waals surface area contributed by atoms with E-state index >= 15 is 0 Å². The number of hydrogen-bond donors (Lipinski definition) is 1. The lowest BCUT2D eigenvalue weighted by molar-refractivity contribution is 0.575. The van der Waals surface area contributed by atoms with E-state index in [1.165, 1.54) is 19.3 Å². The van der Waals surface area contributed by atoms with Gasteiger partial charge in [-0.2, -0.15) is 4.98 Å². The van der Waals surface area contributed by atoms with Crippen LogP contribution in [0.15, 0.2) is 42.5 Å². The number of fused-ring (bicyclic) bond motifs is 1. The summed E-state index contributed by atoms with van der Waals surface area (Å²) in [6, 6.07) is 14.0. The van der Waals surface area contributed by atoms with Gasteiger partial charge in [0.1, 0.15) is 5.82 Å². The average Bonchev–Trinajstić information content (AvgIpc) is 2.65. The summed E-state index contributed by atoms with van der Waals surface area (Å²) in [5.41, 5.74) is 3.01. The second kappa shape index (κ2) is 6.89. The van der Waals surface area contributed by atoms with Crippen LogP contribution in [0.4, 0.5) is 17.5 Å². The van der Waals surface area contributed by atoms with Crippen molar-refractivity contribution in [1.29, 1.82) is 0 Å². The number of para-hydroxylation sites is 1. The second-order valence-electron chi connectivity index (χ2n) is 6.52. The van der Waals surface area contributed by atoms with Crippen LogP contribution in [0.1, 0.15) is 24.8 Å². The van der Waals surface area contributed by atoms with Gasteiger partial charge < -0.3 is 10.2 Å². The van der Waals surface area contributed by atoms with Gasteiger partial charge in [0.25, 0.3) is 0 Å². The third-order valence-corrected chi connectivity index (χ3v) is 4.92. The topological polar surface area (TPSA) is 41.1 Å². The van der Waals surface area contributed by atoms with Crippen molar-refractivity contribution in [3.05, 3.63) is 53.1 Å². The fourth-order valence-corrected chi connectivity index (χ4v) is 3.48. The lowest BCUT2D eigenvalue weighted by atomic mass is 10.1. The largest absolute Gasteiger partial charge is 0.356 e. The first kappa shape index (κ1) is 16.2. The summed E-state index contributed by atoms with van der Waals surface area (Å²) in [5.74, 6) is 1.64. The molecule has 1 aromatic heterocycles. The molecule has 1 saturated heterocycles. The summed E-state index contributed by atoms with van der Waals surface area (Å²) in [6.45, 7) is 4.15. The molecule has 0 amide bonds.